The summed E-state index contributed by atoms with van der Waals surface area (Å²) >= 11 is 0. The molecule has 23 heavy (non-hydrogen) atoms. The van der Waals surface area contributed by atoms with Gasteiger partial charge >= 0.3 is 0 Å². The highest BCUT2D eigenvalue weighted by Gasteiger charge is 2.19. The van der Waals surface area contributed by atoms with E-state index in [1.165, 1.54) is 11.8 Å². The van der Waals surface area contributed by atoms with E-state index in [0.29, 0.717) is 13.1 Å². The molecule has 2 aromatic carbocycles. The second-order valence-corrected chi connectivity index (χ2v) is 5.33. The first kappa shape index (κ1) is 16.7. The Labute approximate surface area is 137 Å². The molecule has 4 heteroatoms. The van der Waals surface area contributed by atoms with Crippen molar-refractivity contribution in [1.29, 1.82) is 0 Å². The smallest absolute Gasteiger partial charge is 0.242 e. The molecule has 0 heterocycles. The Bertz CT molecular complexity index is 641. The molecule has 0 saturated carbocycles. The maximum absolute atomic E-state index is 12.6. The summed E-state index contributed by atoms with van der Waals surface area (Å²) < 4.78 is 0. The molecule has 0 atom stereocenters. The van der Waals surface area contributed by atoms with Crippen LogP contribution in [-0.2, 0) is 16.1 Å². The van der Waals surface area contributed by atoms with E-state index >= 15 is 0 Å². The lowest BCUT2D eigenvalue weighted by Gasteiger charge is -2.26. The Kier molecular flexibility index (Phi) is 5.92. The van der Waals surface area contributed by atoms with Gasteiger partial charge in [-0.2, -0.15) is 0 Å². The van der Waals surface area contributed by atoms with E-state index in [0.717, 1.165) is 11.3 Å². The van der Waals surface area contributed by atoms with E-state index in [9.17, 15) is 9.59 Å². The fourth-order valence-corrected chi connectivity index (χ4v) is 2.41. The summed E-state index contributed by atoms with van der Waals surface area (Å²) in [6, 6.07) is 19.1. The summed E-state index contributed by atoms with van der Waals surface area (Å²) in [5, 5.41) is 0. The van der Waals surface area contributed by atoms with Crippen LogP contribution in [0.3, 0.4) is 0 Å². The Morgan fingerprint density at radius 1 is 0.913 bits per heavy atom. The number of anilines is 1. The Hall–Kier alpha value is -2.62. The first-order chi connectivity index (χ1) is 11.1. The van der Waals surface area contributed by atoms with Gasteiger partial charge in [0.2, 0.25) is 11.8 Å². The van der Waals surface area contributed by atoms with E-state index in [2.05, 4.69) is 0 Å². The van der Waals surface area contributed by atoms with Crippen LogP contribution >= 0.6 is 0 Å². The van der Waals surface area contributed by atoms with Gasteiger partial charge in [0.05, 0.1) is 0 Å². The molecule has 0 aromatic heterocycles. The van der Waals surface area contributed by atoms with Gasteiger partial charge in [-0.3, -0.25) is 9.59 Å². The highest BCUT2D eigenvalue weighted by Crippen LogP contribution is 2.14. The summed E-state index contributed by atoms with van der Waals surface area (Å²) in [4.78, 5) is 27.8. The molecule has 0 aliphatic heterocycles. The zero-order valence-electron chi connectivity index (χ0n) is 13.6. The predicted octanol–water partition coefficient (Wildman–Crippen LogP) is 3.09. The molecule has 2 aromatic rings. The van der Waals surface area contributed by atoms with E-state index in [1.54, 1.807) is 4.90 Å². The molecule has 0 aliphatic rings. The van der Waals surface area contributed by atoms with Crippen LogP contribution in [-0.4, -0.2) is 29.8 Å². The van der Waals surface area contributed by atoms with Crippen molar-refractivity contribution in [3.05, 3.63) is 66.2 Å². The van der Waals surface area contributed by atoms with Gasteiger partial charge in [-0.25, -0.2) is 0 Å². The molecule has 0 fully saturated rings. The number of amides is 2. The first-order valence-corrected chi connectivity index (χ1v) is 7.76. The lowest BCUT2D eigenvalue weighted by molar-refractivity contribution is -0.131. The topological polar surface area (TPSA) is 40.6 Å². The molecule has 0 N–H and O–H groups in total. The van der Waals surface area contributed by atoms with Gasteiger partial charge in [0.1, 0.15) is 6.54 Å². The average Bonchev–Trinajstić information content (AvgIpc) is 2.58. The van der Waals surface area contributed by atoms with Crippen molar-refractivity contribution in [3.63, 3.8) is 0 Å². The minimum absolute atomic E-state index is 0.0556. The maximum Gasteiger partial charge on any atom is 0.242 e. The lowest BCUT2D eigenvalue weighted by Crippen LogP contribution is -2.42. The Balaban J connectivity index is 2.09. The average molecular weight is 310 g/mol. The van der Waals surface area contributed by atoms with Gasteiger partial charge in [0.15, 0.2) is 0 Å². The number of carbonyl (C=O) groups is 2. The van der Waals surface area contributed by atoms with Crippen molar-refractivity contribution in [2.24, 2.45) is 0 Å². The Morgan fingerprint density at radius 2 is 1.48 bits per heavy atom. The van der Waals surface area contributed by atoms with Gasteiger partial charge in [-0.15, -0.1) is 0 Å². The van der Waals surface area contributed by atoms with E-state index in [4.69, 9.17) is 0 Å². The largest absolute Gasteiger partial charge is 0.337 e. The minimum Gasteiger partial charge on any atom is -0.337 e. The van der Waals surface area contributed by atoms with Crippen LogP contribution < -0.4 is 4.90 Å². The van der Waals surface area contributed by atoms with Crippen molar-refractivity contribution in [1.82, 2.24) is 4.90 Å². The van der Waals surface area contributed by atoms with Crippen LogP contribution in [0.5, 0.6) is 0 Å². The molecule has 0 spiro atoms. The van der Waals surface area contributed by atoms with Gasteiger partial charge in [-0.05, 0) is 24.6 Å². The lowest BCUT2D eigenvalue weighted by atomic mass is 10.2. The first-order valence-electron chi connectivity index (χ1n) is 7.76. The van der Waals surface area contributed by atoms with Crippen LogP contribution in [0.2, 0.25) is 0 Å². The number of likely N-dealkylation sites (N-methyl/N-ethyl adjacent to an activating group) is 1. The second kappa shape index (κ2) is 8.13. The van der Waals surface area contributed by atoms with Gasteiger partial charge in [0, 0.05) is 25.7 Å². The number of carbonyl (C=O) groups excluding carboxylic acids is 2. The van der Waals surface area contributed by atoms with Gasteiger partial charge in [-0.1, -0.05) is 48.5 Å². The summed E-state index contributed by atoms with van der Waals surface area (Å²) in [5.74, 6) is -0.198. The molecule has 0 radical (unpaired) electrons. The van der Waals surface area contributed by atoms with Gasteiger partial charge < -0.3 is 9.80 Å². The normalized spacial score (nSPS) is 10.2. The molecule has 2 rings (SSSR count). The number of para-hydroxylation sites is 1. The number of rotatable bonds is 6. The summed E-state index contributed by atoms with van der Waals surface area (Å²) in [6.07, 6.45) is 0. The third-order valence-corrected chi connectivity index (χ3v) is 3.69. The molecule has 4 nitrogen and oxygen atoms in total. The maximum atomic E-state index is 12.6. The number of hydrogen-bond donors (Lipinski definition) is 0. The van der Waals surface area contributed by atoms with Gasteiger partial charge in [0.25, 0.3) is 0 Å². The third kappa shape index (κ3) is 4.68. The molecule has 0 unspecified atom stereocenters. The SMILES string of the molecule is CCN(Cc1ccccc1)C(=O)CN(C(C)=O)c1ccccc1. The number of hydrogen-bond acceptors (Lipinski definition) is 2. The van der Waals surface area contributed by atoms with Crippen LogP contribution in [0.1, 0.15) is 19.4 Å². The summed E-state index contributed by atoms with van der Waals surface area (Å²) in [5.41, 5.74) is 1.82. The molecule has 0 bridgehead atoms. The fourth-order valence-electron chi connectivity index (χ4n) is 2.41. The van der Waals surface area contributed by atoms with Crippen LogP contribution in [0.4, 0.5) is 5.69 Å². The zero-order chi connectivity index (χ0) is 16.7. The highest BCUT2D eigenvalue weighted by molar-refractivity contribution is 5.97. The van der Waals surface area contributed by atoms with Crippen molar-refractivity contribution >= 4 is 17.5 Å². The molecular weight excluding hydrogens is 288 g/mol. The highest BCUT2D eigenvalue weighted by atomic mass is 16.2. The Morgan fingerprint density at radius 3 is 2.00 bits per heavy atom. The fraction of sp³-hybridized carbons (Fsp3) is 0.263. The van der Waals surface area contributed by atoms with E-state index in [1.807, 2.05) is 67.6 Å². The zero-order valence-corrected chi connectivity index (χ0v) is 13.6. The quantitative estimate of drug-likeness (QED) is 0.822. The molecule has 0 aliphatic carbocycles. The van der Waals surface area contributed by atoms with E-state index in [-0.39, 0.29) is 18.4 Å². The minimum atomic E-state index is -0.139. The third-order valence-electron chi connectivity index (χ3n) is 3.69. The van der Waals surface area contributed by atoms with Crippen molar-refractivity contribution in [2.75, 3.05) is 18.0 Å². The van der Waals surface area contributed by atoms with Crippen LogP contribution in [0, 0.1) is 0 Å². The summed E-state index contributed by atoms with van der Waals surface area (Å²) in [7, 11) is 0. The monoisotopic (exact) mass is 310 g/mol. The molecule has 120 valence electrons. The van der Waals surface area contributed by atoms with Crippen molar-refractivity contribution < 1.29 is 9.59 Å². The predicted molar refractivity (Wildman–Crippen MR) is 92.0 cm³/mol. The van der Waals surface area contributed by atoms with Crippen LogP contribution in [0.15, 0.2) is 60.7 Å². The molecule has 0 saturated heterocycles. The van der Waals surface area contributed by atoms with Crippen molar-refractivity contribution in [3.8, 4) is 0 Å². The van der Waals surface area contributed by atoms with Crippen molar-refractivity contribution in [2.45, 2.75) is 20.4 Å². The molecular formula is C19H22N2O2. The number of nitrogens with zero attached hydrogens (tertiary/aromatic N) is 2. The number of benzene rings is 2. The standard InChI is InChI=1S/C19H22N2O2/c1-3-20(14-17-10-6-4-7-11-17)19(23)15-21(16(2)22)18-12-8-5-9-13-18/h4-13H,3,14-15H2,1-2H3. The second-order valence-electron chi connectivity index (χ2n) is 5.33. The molecule has 2 amide bonds. The van der Waals surface area contributed by atoms with E-state index < -0.39 is 0 Å². The van der Waals surface area contributed by atoms with Crippen LogP contribution in [0.25, 0.3) is 0 Å². The summed E-state index contributed by atoms with van der Waals surface area (Å²) in [6.45, 7) is 4.64.